The van der Waals surface area contributed by atoms with Gasteiger partial charge in [-0.3, -0.25) is 4.79 Å². The Morgan fingerprint density at radius 3 is 2.33 bits per heavy atom. The van der Waals surface area contributed by atoms with Crippen LogP contribution in [0.25, 0.3) is 11.1 Å². The van der Waals surface area contributed by atoms with Crippen LogP contribution in [-0.4, -0.2) is 19.0 Å². The second kappa shape index (κ2) is 7.10. The number of amides is 1. The maximum absolute atomic E-state index is 12.6. The van der Waals surface area contributed by atoms with Gasteiger partial charge >= 0.3 is 5.97 Å². The van der Waals surface area contributed by atoms with E-state index < -0.39 is 5.97 Å². The van der Waals surface area contributed by atoms with Crippen LogP contribution in [-0.2, 0) is 4.74 Å². The van der Waals surface area contributed by atoms with Gasteiger partial charge in [-0.1, -0.05) is 30.3 Å². The SMILES string of the molecule is COC(=O)c1ccc(NC(=O)c2sccc2-c2ccccc2)cc1. The molecule has 0 saturated carbocycles. The van der Waals surface area contributed by atoms with Crippen LogP contribution in [0.3, 0.4) is 0 Å². The van der Waals surface area contributed by atoms with E-state index >= 15 is 0 Å². The number of carbonyl (C=O) groups excluding carboxylic acids is 2. The zero-order valence-corrected chi connectivity index (χ0v) is 13.8. The van der Waals surface area contributed by atoms with E-state index in [4.69, 9.17) is 0 Å². The number of benzene rings is 2. The lowest BCUT2D eigenvalue weighted by Gasteiger charge is -2.07. The van der Waals surface area contributed by atoms with Crippen molar-refractivity contribution in [2.45, 2.75) is 0 Å². The van der Waals surface area contributed by atoms with Crippen LogP contribution < -0.4 is 5.32 Å². The molecule has 0 radical (unpaired) electrons. The monoisotopic (exact) mass is 337 g/mol. The lowest BCUT2D eigenvalue weighted by atomic mass is 10.1. The maximum Gasteiger partial charge on any atom is 0.337 e. The first-order valence-electron chi connectivity index (χ1n) is 7.31. The number of thiophene rings is 1. The smallest absolute Gasteiger partial charge is 0.337 e. The van der Waals surface area contributed by atoms with Crippen molar-refractivity contribution in [2.24, 2.45) is 0 Å². The first kappa shape index (κ1) is 16.0. The molecule has 2 aromatic carbocycles. The van der Waals surface area contributed by atoms with Gasteiger partial charge < -0.3 is 10.1 Å². The Kier molecular flexibility index (Phi) is 4.72. The zero-order valence-electron chi connectivity index (χ0n) is 13.0. The fraction of sp³-hybridized carbons (Fsp3) is 0.0526. The number of carbonyl (C=O) groups is 2. The third-order valence-corrected chi connectivity index (χ3v) is 4.43. The van der Waals surface area contributed by atoms with E-state index in [-0.39, 0.29) is 5.91 Å². The molecule has 3 rings (SSSR count). The zero-order chi connectivity index (χ0) is 16.9. The van der Waals surface area contributed by atoms with Gasteiger partial charge in [0.05, 0.1) is 17.6 Å². The standard InChI is InChI=1S/C19H15NO3S/c1-23-19(22)14-7-9-15(10-8-14)20-18(21)17-16(11-12-24-17)13-5-3-2-4-6-13/h2-12H,1H3,(H,20,21). The van der Waals surface area contributed by atoms with E-state index in [0.717, 1.165) is 11.1 Å². The molecule has 0 saturated heterocycles. The van der Waals surface area contributed by atoms with E-state index in [9.17, 15) is 9.59 Å². The number of anilines is 1. The third-order valence-electron chi connectivity index (χ3n) is 3.52. The third kappa shape index (κ3) is 3.36. The molecule has 24 heavy (non-hydrogen) atoms. The predicted molar refractivity (Wildman–Crippen MR) is 95.5 cm³/mol. The van der Waals surface area contributed by atoms with Crippen molar-refractivity contribution in [3.05, 3.63) is 76.5 Å². The molecule has 1 amide bonds. The van der Waals surface area contributed by atoms with Gasteiger partial charge in [-0.2, -0.15) is 0 Å². The summed E-state index contributed by atoms with van der Waals surface area (Å²) < 4.78 is 4.66. The summed E-state index contributed by atoms with van der Waals surface area (Å²) >= 11 is 1.40. The van der Waals surface area contributed by atoms with Crippen molar-refractivity contribution in [1.29, 1.82) is 0 Å². The molecule has 1 heterocycles. The molecule has 0 bridgehead atoms. The summed E-state index contributed by atoms with van der Waals surface area (Å²) in [7, 11) is 1.33. The lowest BCUT2D eigenvalue weighted by molar-refractivity contribution is 0.0600. The highest BCUT2D eigenvalue weighted by Gasteiger charge is 2.15. The molecule has 0 unspecified atom stereocenters. The van der Waals surface area contributed by atoms with Crippen LogP contribution in [0.2, 0.25) is 0 Å². The Bertz CT molecular complexity index is 854. The molecule has 4 nitrogen and oxygen atoms in total. The molecule has 1 aromatic heterocycles. The van der Waals surface area contributed by atoms with Gasteiger partial charge in [0.2, 0.25) is 0 Å². The van der Waals surface area contributed by atoms with Crippen LogP contribution in [0.5, 0.6) is 0 Å². The number of ether oxygens (including phenoxy) is 1. The minimum Gasteiger partial charge on any atom is -0.465 e. The molecule has 0 spiro atoms. The summed E-state index contributed by atoms with van der Waals surface area (Å²) in [5.74, 6) is -0.577. The summed E-state index contributed by atoms with van der Waals surface area (Å²) in [5, 5.41) is 4.76. The Morgan fingerprint density at radius 2 is 1.67 bits per heavy atom. The quantitative estimate of drug-likeness (QED) is 0.715. The average Bonchev–Trinajstić information content (AvgIpc) is 3.12. The normalized spacial score (nSPS) is 10.2. The highest BCUT2D eigenvalue weighted by atomic mass is 32.1. The maximum atomic E-state index is 12.6. The average molecular weight is 337 g/mol. The summed E-state index contributed by atoms with van der Waals surface area (Å²) in [5.41, 5.74) is 2.98. The van der Waals surface area contributed by atoms with Gasteiger partial charge in [0, 0.05) is 11.3 Å². The van der Waals surface area contributed by atoms with E-state index in [1.807, 2.05) is 41.8 Å². The molecule has 5 heteroatoms. The van der Waals surface area contributed by atoms with E-state index in [2.05, 4.69) is 10.1 Å². The Balaban J connectivity index is 1.79. The number of hydrogen-bond donors (Lipinski definition) is 1. The molecule has 1 N–H and O–H groups in total. The minimum absolute atomic E-state index is 0.172. The van der Waals surface area contributed by atoms with Gasteiger partial charge in [-0.15, -0.1) is 11.3 Å². The molecular weight excluding hydrogens is 322 g/mol. The molecule has 0 aliphatic carbocycles. The van der Waals surface area contributed by atoms with Gasteiger partial charge in [-0.25, -0.2) is 4.79 Å². The van der Waals surface area contributed by atoms with Crippen molar-refractivity contribution in [1.82, 2.24) is 0 Å². The first-order chi connectivity index (χ1) is 11.7. The first-order valence-corrected chi connectivity index (χ1v) is 8.19. The second-order valence-corrected chi connectivity index (χ2v) is 5.97. The summed E-state index contributed by atoms with van der Waals surface area (Å²) in [4.78, 5) is 24.6. The second-order valence-electron chi connectivity index (χ2n) is 5.05. The predicted octanol–water partition coefficient (Wildman–Crippen LogP) is 4.45. The molecule has 0 aliphatic heterocycles. The fourth-order valence-corrected chi connectivity index (χ4v) is 3.14. The number of hydrogen-bond acceptors (Lipinski definition) is 4. The molecule has 0 atom stereocenters. The highest BCUT2D eigenvalue weighted by molar-refractivity contribution is 7.12. The summed E-state index contributed by atoms with van der Waals surface area (Å²) in [6.45, 7) is 0. The van der Waals surface area contributed by atoms with Crippen LogP contribution in [0.15, 0.2) is 66.0 Å². The van der Waals surface area contributed by atoms with Crippen molar-refractivity contribution >= 4 is 28.9 Å². The van der Waals surface area contributed by atoms with Crippen LogP contribution in [0.1, 0.15) is 20.0 Å². The van der Waals surface area contributed by atoms with E-state index in [0.29, 0.717) is 16.1 Å². The lowest BCUT2D eigenvalue weighted by Crippen LogP contribution is -2.11. The number of esters is 1. The summed E-state index contributed by atoms with van der Waals surface area (Å²) in [6.07, 6.45) is 0. The Labute approximate surface area is 143 Å². The molecule has 120 valence electrons. The van der Waals surface area contributed by atoms with Gasteiger partial charge in [0.25, 0.3) is 5.91 Å². The number of methoxy groups -OCH3 is 1. The van der Waals surface area contributed by atoms with E-state index in [1.54, 1.807) is 24.3 Å². The molecule has 0 aliphatic rings. The van der Waals surface area contributed by atoms with Gasteiger partial charge in [0.1, 0.15) is 0 Å². The molecule has 0 fully saturated rings. The minimum atomic E-state index is -0.405. The number of nitrogens with one attached hydrogen (secondary N) is 1. The van der Waals surface area contributed by atoms with Crippen molar-refractivity contribution < 1.29 is 14.3 Å². The van der Waals surface area contributed by atoms with Crippen molar-refractivity contribution in [2.75, 3.05) is 12.4 Å². The highest BCUT2D eigenvalue weighted by Crippen LogP contribution is 2.28. The Hall–Kier alpha value is -2.92. The van der Waals surface area contributed by atoms with Crippen LogP contribution >= 0.6 is 11.3 Å². The van der Waals surface area contributed by atoms with Crippen LogP contribution in [0, 0.1) is 0 Å². The molecular formula is C19H15NO3S. The largest absolute Gasteiger partial charge is 0.465 e. The Morgan fingerprint density at radius 1 is 0.958 bits per heavy atom. The number of rotatable bonds is 4. The fourth-order valence-electron chi connectivity index (χ4n) is 2.33. The molecule has 3 aromatic rings. The van der Waals surface area contributed by atoms with E-state index in [1.165, 1.54) is 18.4 Å². The van der Waals surface area contributed by atoms with Crippen molar-refractivity contribution in [3.8, 4) is 11.1 Å². The van der Waals surface area contributed by atoms with Crippen LogP contribution in [0.4, 0.5) is 5.69 Å². The van der Waals surface area contributed by atoms with Crippen molar-refractivity contribution in [3.63, 3.8) is 0 Å². The van der Waals surface area contributed by atoms with Gasteiger partial charge in [0.15, 0.2) is 0 Å². The van der Waals surface area contributed by atoms with Gasteiger partial charge in [-0.05, 0) is 41.3 Å². The topological polar surface area (TPSA) is 55.4 Å². The summed E-state index contributed by atoms with van der Waals surface area (Å²) in [6, 6.07) is 18.3.